The fourth-order valence-corrected chi connectivity index (χ4v) is 3.12. The predicted octanol–water partition coefficient (Wildman–Crippen LogP) is 4.50. The first-order chi connectivity index (χ1) is 9.63. The summed E-state index contributed by atoms with van der Waals surface area (Å²) in [6.07, 6.45) is 0. The highest BCUT2D eigenvalue weighted by atomic mass is 79.9. The summed E-state index contributed by atoms with van der Waals surface area (Å²) in [5, 5.41) is 13.0. The van der Waals surface area contributed by atoms with E-state index in [2.05, 4.69) is 26.2 Å². The highest BCUT2D eigenvalue weighted by molar-refractivity contribution is 9.10. The van der Waals surface area contributed by atoms with Crippen LogP contribution >= 0.6 is 27.3 Å². The Bertz CT molecular complexity index is 768. The van der Waals surface area contributed by atoms with Crippen LogP contribution in [0.3, 0.4) is 0 Å². The van der Waals surface area contributed by atoms with Gasteiger partial charge in [-0.15, -0.1) is 0 Å². The van der Waals surface area contributed by atoms with Crippen molar-refractivity contribution >= 4 is 54.3 Å². The molecule has 0 aliphatic heterocycles. The van der Waals surface area contributed by atoms with Gasteiger partial charge in [-0.2, -0.15) is 0 Å². The largest absolute Gasteiger partial charge is 0.478 e. The number of rotatable bonds is 3. The maximum atomic E-state index is 11.1. The fraction of sp³-hybridized carbons (Fsp3) is 0. The smallest absolute Gasteiger partial charge is 0.336 e. The highest BCUT2D eigenvalue weighted by Crippen LogP contribution is 2.29. The van der Waals surface area contributed by atoms with Crippen LogP contribution in [0.1, 0.15) is 10.4 Å². The second-order valence-corrected chi connectivity index (χ2v) is 6.00. The molecule has 20 heavy (non-hydrogen) atoms. The SMILES string of the molecule is O=C(O)c1cc(Nc2nc3ccccc3s2)ccc1Br. The van der Waals surface area contributed by atoms with Gasteiger partial charge in [0.25, 0.3) is 0 Å². The van der Waals surface area contributed by atoms with Gasteiger partial charge in [0.1, 0.15) is 0 Å². The lowest BCUT2D eigenvalue weighted by Crippen LogP contribution is -1.99. The van der Waals surface area contributed by atoms with Crippen LogP contribution in [-0.2, 0) is 0 Å². The van der Waals surface area contributed by atoms with Crippen molar-refractivity contribution in [1.82, 2.24) is 4.98 Å². The number of hydrogen-bond donors (Lipinski definition) is 2. The van der Waals surface area contributed by atoms with Gasteiger partial charge in [-0.1, -0.05) is 23.5 Å². The van der Waals surface area contributed by atoms with Gasteiger partial charge in [0.05, 0.1) is 15.8 Å². The second kappa shape index (κ2) is 5.22. The van der Waals surface area contributed by atoms with E-state index in [0.29, 0.717) is 10.2 Å². The molecule has 0 amide bonds. The van der Waals surface area contributed by atoms with Crippen molar-refractivity contribution in [3.8, 4) is 0 Å². The van der Waals surface area contributed by atoms with Crippen LogP contribution in [0.2, 0.25) is 0 Å². The molecule has 0 aliphatic carbocycles. The van der Waals surface area contributed by atoms with Crippen molar-refractivity contribution in [3.63, 3.8) is 0 Å². The number of nitrogens with one attached hydrogen (secondary N) is 1. The Hall–Kier alpha value is -1.92. The number of benzene rings is 2. The normalized spacial score (nSPS) is 10.7. The first-order valence-electron chi connectivity index (χ1n) is 5.79. The number of thiazole rings is 1. The van der Waals surface area contributed by atoms with E-state index in [1.807, 2.05) is 30.3 Å². The molecule has 0 fully saturated rings. The van der Waals surface area contributed by atoms with Crippen molar-refractivity contribution in [2.24, 2.45) is 0 Å². The molecule has 0 unspecified atom stereocenters. The molecule has 100 valence electrons. The molecule has 6 heteroatoms. The molecule has 3 rings (SSSR count). The average molecular weight is 349 g/mol. The van der Waals surface area contributed by atoms with Gasteiger partial charge in [0, 0.05) is 10.2 Å². The van der Waals surface area contributed by atoms with Crippen LogP contribution in [0.15, 0.2) is 46.9 Å². The summed E-state index contributed by atoms with van der Waals surface area (Å²) >= 11 is 4.75. The summed E-state index contributed by atoms with van der Waals surface area (Å²) in [5.41, 5.74) is 1.84. The van der Waals surface area contributed by atoms with Crippen molar-refractivity contribution in [1.29, 1.82) is 0 Å². The van der Waals surface area contributed by atoms with Gasteiger partial charge in [-0.3, -0.25) is 0 Å². The molecule has 1 aromatic heterocycles. The van der Waals surface area contributed by atoms with E-state index in [0.717, 1.165) is 15.3 Å². The number of aromatic nitrogens is 1. The van der Waals surface area contributed by atoms with Crippen LogP contribution in [0.4, 0.5) is 10.8 Å². The first-order valence-corrected chi connectivity index (χ1v) is 7.40. The Morgan fingerprint density at radius 1 is 1.25 bits per heavy atom. The second-order valence-electron chi connectivity index (χ2n) is 4.11. The minimum atomic E-state index is -0.968. The van der Waals surface area contributed by atoms with E-state index in [1.54, 1.807) is 12.1 Å². The van der Waals surface area contributed by atoms with Crippen LogP contribution in [-0.4, -0.2) is 16.1 Å². The molecule has 1 heterocycles. The molecule has 0 bridgehead atoms. The Labute approximate surface area is 127 Å². The van der Waals surface area contributed by atoms with E-state index < -0.39 is 5.97 Å². The number of anilines is 2. The zero-order valence-electron chi connectivity index (χ0n) is 10.1. The van der Waals surface area contributed by atoms with Crippen molar-refractivity contribution < 1.29 is 9.90 Å². The number of nitrogens with zero attached hydrogens (tertiary/aromatic N) is 1. The molecule has 0 spiro atoms. The zero-order valence-corrected chi connectivity index (χ0v) is 12.5. The number of aromatic carboxylic acids is 1. The summed E-state index contributed by atoms with van der Waals surface area (Å²) in [6, 6.07) is 12.9. The van der Waals surface area contributed by atoms with Crippen LogP contribution in [0, 0.1) is 0 Å². The van der Waals surface area contributed by atoms with E-state index in [1.165, 1.54) is 11.3 Å². The maximum absolute atomic E-state index is 11.1. The molecule has 0 saturated heterocycles. The topological polar surface area (TPSA) is 62.2 Å². The lowest BCUT2D eigenvalue weighted by molar-refractivity contribution is 0.0696. The first kappa shape index (κ1) is 13.1. The van der Waals surface area contributed by atoms with E-state index >= 15 is 0 Å². The summed E-state index contributed by atoms with van der Waals surface area (Å²) in [6.45, 7) is 0. The molecule has 0 aliphatic rings. The van der Waals surface area contributed by atoms with Gasteiger partial charge in [-0.25, -0.2) is 9.78 Å². The average Bonchev–Trinajstić information content (AvgIpc) is 2.82. The molecule has 4 nitrogen and oxygen atoms in total. The Balaban J connectivity index is 1.94. The Kier molecular flexibility index (Phi) is 3.42. The van der Waals surface area contributed by atoms with Crippen molar-refractivity contribution in [3.05, 3.63) is 52.5 Å². The summed E-state index contributed by atoms with van der Waals surface area (Å²) in [7, 11) is 0. The lowest BCUT2D eigenvalue weighted by atomic mass is 10.2. The van der Waals surface area contributed by atoms with E-state index in [4.69, 9.17) is 5.11 Å². The quantitative estimate of drug-likeness (QED) is 0.731. The maximum Gasteiger partial charge on any atom is 0.336 e. The number of hydrogen-bond acceptors (Lipinski definition) is 4. The number of para-hydroxylation sites is 1. The zero-order chi connectivity index (χ0) is 14.1. The minimum absolute atomic E-state index is 0.219. The third-order valence-corrected chi connectivity index (χ3v) is 4.39. The number of carboxylic acid groups (broad SMARTS) is 1. The molecule has 2 aromatic carbocycles. The van der Waals surface area contributed by atoms with Gasteiger partial charge in [0.15, 0.2) is 5.13 Å². The van der Waals surface area contributed by atoms with Crippen LogP contribution in [0.25, 0.3) is 10.2 Å². The van der Waals surface area contributed by atoms with Crippen LogP contribution in [0.5, 0.6) is 0 Å². The monoisotopic (exact) mass is 348 g/mol. The van der Waals surface area contributed by atoms with Gasteiger partial charge in [0.2, 0.25) is 0 Å². The molecular weight excluding hydrogens is 340 g/mol. The number of halogens is 1. The molecule has 0 atom stereocenters. The van der Waals surface area contributed by atoms with Gasteiger partial charge in [-0.05, 0) is 46.3 Å². The summed E-state index contributed by atoms with van der Waals surface area (Å²) in [5.74, 6) is -0.968. The van der Waals surface area contributed by atoms with E-state index in [9.17, 15) is 4.79 Å². The minimum Gasteiger partial charge on any atom is -0.478 e. The van der Waals surface area contributed by atoms with E-state index in [-0.39, 0.29) is 5.56 Å². The number of carbonyl (C=O) groups is 1. The van der Waals surface area contributed by atoms with Gasteiger partial charge < -0.3 is 10.4 Å². The summed E-state index contributed by atoms with van der Waals surface area (Å²) in [4.78, 5) is 15.5. The van der Waals surface area contributed by atoms with Gasteiger partial charge >= 0.3 is 5.97 Å². The Morgan fingerprint density at radius 3 is 2.80 bits per heavy atom. The summed E-state index contributed by atoms with van der Waals surface area (Å²) < 4.78 is 1.64. The lowest BCUT2D eigenvalue weighted by Gasteiger charge is -2.05. The van der Waals surface area contributed by atoms with Crippen LogP contribution < -0.4 is 5.32 Å². The Morgan fingerprint density at radius 2 is 2.05 bits per heavy atom. The molecule has 3 aromatic rings. The molecular formula is C14H9BrN2O2S. The number of fused-ring (bicyclic) bond motifs is 1. The van der Waals surface area contributed by atoms with Crippen molar-refractivity contribution in [2.75, 3.05) is 5.32 Å². The molecule has 0 radical (unpaired) electrons. The highest BCUT2D eigenvalue weighted by Gasteiger charge is 2.10. The van der Waals surface area contributed by atoms with Crippen molar-refractivity contribution in [2.45, 2.75) is 0 Å². The standard InChI is InChI=1S/C14H9BrN2O2S/c15-10-6-5-8(7-9(10)13(18)19)16-14-17-11-3-1-2-4-12(11)20-14/h1-7H,(H,16,17)(H,18,19). The third kappa shape index (κ3) is 2.52. The molecule has 2 N–H and O–H groups in total. The predicted molar refractivity (Wildman–Crippen MR) is 84.0 cm³/mol. The number of carboxylic acids is 1. The third-order valence-electron chi connectivity index (χ3n) is 2.74. The fourth-order valence-electron chi connectivity index (χ4n) is 1.82. The molecule has 0 saturated carbocycles.